The second-order valence-corrected chi connectivity index (χ2v) is 4.89. The Kier molecular flexibility index (Phi) is 4.77. The van der Waals surface area contributed by atoms with Gasteiger partial charge in [-0.05, 0) is 44.2 Å². The zero-order chi connectivity index (χ0) is 13.8. The molecule has 2 rings (SSSR count). The summed E-state index contributed by atoms with van der Waals surface area (Å²) in [4.78, 5) is 0. The van der Waals surface area contributed by atoms with Gasteiger partial charge in [0, 0.05) is 19.1 Å². The molecule has 4 heteroatoms. The average molecular weight is 267 g/mol. The molecule has 1 N–H and O–H groups in total. The monoisotopic (exact) mass is 267 g/mol. The Morgan fingerprint density at radius 2 is 2.16 bits per heavy atom. The number of benzene rings is 1. The SMILES string of the molecule is CCNC1CC(Oc2ccc(F)c(C)c2)C1OCC. The van der Waals surface area contributed by atoms with Gasteiger partial charge in [-0.1, -0.05) is 6.92 Å². The Bertz CT molecular complexity index is 425. The van der Waals surface area contributed by atoms with Crippen LogP contribution < -0.4 is 10.1 Å². The highest BCUT2D eigenvalue weighted by molar-refractivity contribution is 5.29. The fourth-order valence-corrected chi connectivity index (χ4v) is 2.44. The van der Waals surface area contributed by atoms with Crippen LogP contribution >= 0.6 is 0 Å². The Morgan fingerprint density at radius 3 is 2.79 bits per heavy atom. The van der Waals surface area contributed by atoms with Crippen molar-refractivity contribution in [2.45, 2.75) is 45.4 Å². The van der Waals surface area contributed by atoms with Crippen LogP contribution in [0.2, 0.25) is 0 Å². The molecule has 1 aromatic carbocycles. The predicted octanol–water partition coefficient (Wildman–Crippen LogP) is 2.67. The van der Waals surface area contributed by atoms with E-state index in [9.17, 15) is 4.39 Å². The first-order valence-corrected chi connectivity index (χ1v) is 6.93. The van der Waals surface area contributed by atoms with Crippen molar-refractivity contribution in [1.29, 1.82) is 0 Å². The molecule has 1 aliphatic carbocycles. The van der Waals surface area contributed by atoms with Crippen molar-refractivity contribution >= 4 is 0 Å². The van der Waals surface area contributed by atoms with Gasteiger partial charge in [-0.15, -0.1) is 0 Å². The van der Waals surface area contributed by atoms with Gasteiger partial charge in [0.15, 0.2) is 0 Å². The van der Waals surface area contributed by atoms with E-state index >= 15 is 0 Å². The summed E-state index contributed by atoms with van der Waals surface area (Å²) in [5, 5.41) is 3.39. The molecular weight excluding hydrogens is 245 g/mol. The van der Waals surface area contributed by atoms with E-state index in [1.807, 2.05) is 6.92 Å². The second kappa shape index (κ2) is 6.35. The lowest BCUT2D eigenvalue weighted by molar-refractivity contribution is -0.104. The highest BCUT2D eigenvalue weighted by Crippen LogP contribution is 2.29. The summed E-state index contributed by atoms with van der Waals surface area (Å²) in [6.45, 7) is 7.41. The van der Waals surface area contributed by atoms with Crippen molar-refractivity contribution in [3.05, 3.63) is 29.6 Å². The molecule has 0 spiro atoms. The smallest absolute Gasteiger partial charge is 0.128 e. The van der Waals surface area contributed by atoms with E-state index in [2.05, 4.69) is 12.2 Å². The van der Waals surface area contributed by atoms with E-state index in [1.165, 1.54) is 6.07 Å². The molecule has 3 atom stereocenters. The highest BCUT2D eigenvalue weighted by Gasteiger charge is 2.43. The Labute approximate surface area is 114 Å². The zero-order valence-corrected chi connectivity index (χ0v) is 11.8. The van der Waals surface area contributed by atoms with E-state index in [1.54, 1.807) is 19.1 Å². The number of rotatable bonds is 6. The molecule has 0 aliphatic heterocycles. The van der Waals surface area contributed by atoms with Gasteiger partial charge in [0.25, 0.3) is 0 Å². The maximum absolute atomic E-state index is 13.2. The molecule has 3 unspecified atom stereocenters. The highest BCUT2D eigenvalue weighted by atomic mass is 19.1. The number of halogens is 1. The average Bonchev–Trinajstić information content (AvgIpc) is 2.39. The minimum Gasteiger partial charge on any atom is -0.488 e. The largest absolute Gasteiger partial charge is 0.488 e. The summed E-state index contributed by atoms with van der Waals surface area (Å²) < 4.78 is 24.8. The molecule has 0 bridgehead atoms. The zero-order valence-electron chi connectivity index (χ0n) is 11.8. The first-order chi connectivity index (χ1) is 9.15. The fraction of sp³-hybridized carbons (Fsp3) is 0.600. The van der Waals surface area contributed by atoms with Crippen LogP contribution in [0.4, 0.5) is 4.39 Å². The summed E-state index contributed by atoms with van der Waals surface area (Å²) in [6.07, 6.45) is 1.05. The molecular formula is C15H22FNO2. The number of likely N-dealkylation sites (N-methyl/N-ethyl adjacent to an activating group) is 1. The maximum atomic E-state index is 13.2. The van der Waals surface area contributed by atoms with Gasteiger partial charge < -0.3 is 14.8 Å². The normalized spacial score (nSPS) is 26.0. The van der Waals surface area contributed by atoms with E-state index in [0.717, 1.165) is 13.0 Å². The molecule has 1 fully saturated rings. The van der Waals surface area contributed by atoms with Crippen molar-refractivity contribution in [3.8, 4) is 5.75 Å². The van der Waals surface area contributed by atoms with Gasteiger partial charge in [-0.3, -0.25) is 0 Å². The summed E-state index contributed by atoms with van der Waals surface area (Å²) in [5.74, 6) is 0.511. The van der Waals surface area contributed by atoms with Gasteiger partial charge in [0.2, 0.25) is 0 Å². The van der Waals surface area contributed by atoms with Crippen LogP contribution in [0.5, 0.6) is 5.75 Å². The van der Waals surface area contributed by atoms with Gasteiger partial charge in [-0.2, -0.15) is 0 Å². The Hall–Kier alpha value is -1.13. The van der Waals surface area contributed by atoms with Crippen LogP contribution in [0.25, 0.3) is 0 Å². The van der Waals surface area contributed by atoms with Crippen molar-refractivity contribution in [2.75, 3.05) is 13.2 Å². The lowest BCUT2D eigenvalue weighted by atomic mass is 9.85. The Morgan fingerprint density at radius 1 is 1.37 bits per heavy atom. The lowest BCUT2D eigenvalue weighted by Crippen LogP contribution is -2.61. The lowest BCUT2D eigenvalue weighted by Gasteiger charge is -2.44. The van der Waals surface area contributed by atoms with E-state index in [-0.39, 0.29) is 18.0 Å². The standard InChI is InChI=1S/C15H22FNO2/c1-4-17-13-9-14(15(13)18-5-2)19-11-6-7-12(16)10(3)8-11/h6-8,13-15,17H,4-5,9H2,1-3H3. The van der Waals surface area contributed by atoms with Crippen molar-refractivity contribution in [1.82, 2.24) is 5.32 Å². The molecule has 0 heterocycles. The first kappa shape index (κ1) is 14.3. The number of nitrogens with one attached hydrogen (secondary N) is 1. The third-order valence-corrected chi connectivity index (χ3v) is 3.49. The van der Waals surface area contributed by atoms with Gasteiger partial charge in [-0.25, -0.2) is 4.39 Å². The second-order valence-electron chi connectivity index (χ2n) is 4.89. The minimum atomic E-state index is -0.201. The predicted molar refractivity (Wildman–Crippen MR) is 73.0 cm³/mol. The van der Waals surface area contributed by atoms with Crippen LogP contribution in [0, 0.1) is 12.7 Å². The van der Waals surface area contributed by atoms with E-state index in [0.29, 0.717) is 24.0 Å². The molecule has 0 aromatic heterocycles. The fourth-order valence-electron chi connectivity index (χ4n) is 2.44. The molecule has 1 aromatic rings. The van der Waals surface area contributed by atoms with Crippen LogP contribution in [0.1, 0.15) is 25.8 Å². The molecule has 1 saturated carbocycles. The Balaban J connectivity index is 1.96. The van der Waals surface area contributed by atoms with Crippen LogP contribution in [0.3, 0.4) is 0 Å². The van der Waals surface area contributed by atoms with Crippen LogP contribution in [-0.2, 0) is 4.74 Å². The molecule has 1 aliphatic rings. The molecule has 3 nitrogen and oxygen atoms in total. The summed E-state index contributed by atoms with van der Waals surface area (Å²) in [6, 6.07) is 5.21. The molecule has 0 amide bonds. The summed E-state index contributed by atoms with van der Waals surface area (Å²) in [5.41, 5.74) is 0.605. The maximum Gasteiger partial charge on any atom is 0.128 e. The van der Waals surface area contributed by atoms with Crippen molar-refractivity contribution in [3.63, 3.8) is 0 Å². The molecule has 0 radical (unpaired) electrons. The van der Waals surface area contributed by atoms with Crippen LogP contribution in [0.15, 0.2) is 18.2 Å². The van der Waals surface area contributed by atoms with Gasteiger partial charge in [0.05, 0.1) is 0 Å². The van der Waals surface area contributed by atoms with Gasteiger partial charge >= 0.3 is 0 Å². The number of hydrogen-bond acceptors (Lipinski definition) is 3. The third-order valence-electron chi connectivity index (χ3n) is 3.49. The third kappa shape index (κ3) is 3.25. The molecule has 19 heavy (non-hydrogen) atoms. The summed E-state index contributed by atoms with van der Waals surface area (Å²) in [7, 11) is 0. The van der Waals surface area contributed by atoms with E-state index < -0.39 is 0 Å². The number of ether oxygens (including phenoxy) is 2. The van der Waals surface area contributed by atoms with Crippen LogP contribution in [-0.4, -0.2) is 31.4 Å². The quantitative estimate of drug-likeness (QED) is 0.859. The van der Waals surface area contributed by atoms with E-state index in [4.69, 9.17) is 9.47 Å². The number of aryl methyl sites for hydroxylation is 1. The molecule has 0 saturated heterocycles. The van der Waals surface area contributed by atoms with Gasteiger partial charge in [0.1, 0.15) is 23.8 Å². The van der Waals surface area contributed by atoms with Crippen molar-refractivity contribution < 1.29 is 13.9 Å². The number of hydrogen-bond donors (Lipinski definition) is 1. The first-order valence-electron chi connectivity index (χ1n) is 6.93. The minimum absolute atomic E-state index is 0.0499. The van der Waals surface area contributed by atoms with Crippen molar-refractivity contribution in [2.24, 2.45) is 0 Å². The summed E-state index contributed by atoms with van der Waals surface area (Å²) >= 11 is 0. The topological polar surface area (TPSA) is 30.5 Å². The molecule has 106 valence electrons.